The second-order valence-corrected chi connectivity index (χ2v) is 8.93. The Kier molecular flexibility index (Phi) is 5.01. The summed E-state index contributed by atoms with van der Waals surface area (Å²) in [5.41, 5.74) is 3.88. The number of hydrogen-bond acceptors (Lipinski definition) is 5. The van der Waals surface area contributed by atoms with Gasteiger partial charge in [-0.2, -0.15) is 13.2 Å². The zero-order chi connectivity index (χ0) is 24.2. The number of benzene rings is 2. The highest BCUT2D eigenvalue weighted by Gasteiger charge is 2.27. The summed E-state index contributed by atoms with van der Waals surface area (Å²) in [6.07, 6.45) is 1.73. The Labute approximate surface area is 198 Å². The zero-order valence-electron chi connectivity index (χ0n) is 18.6. The number of pyridine rings is 1. The molecule has 0 amide bonds. The maximum absolute atomic E-state index is 13.8. The molecule has 178 valence electrons. The van der Waals surface area contributed by atoms with Gasteiger partial charge >= 0.3 is 6.18 Å². The van der Waals surface area contributed by atoms with Gasteiger partial charge in [0.05, 0.1) is 17.7 Å². The molecule has 0 saturated heterocycles. The highest BCUT2D eigenvalue weighted by atomic mass is 19.4. The van der Waals surface area contributed by atoms with E-state index < -0.39 is 12.7 Å². The number of rotatable bonds is 5. The van der Waals surface area contributed by atoms with Gasteiger partial charge in [-0.25, -0.2) is 9.97 Å². The second kappa shape index (κ2) is 8.11. The highest BCUT2D eigenvalue weighted by Crippen LogP contribution is 2.40. The molecule has 1 aliphatic heterocycles. The van der Waals surface area contributed by atoms with Crippen LogP contribution in [0.2, 0.25) is 0 Å². The Morgan fingerprint density at radius 3 is 2.66 bits per heavy atom. The molecule has 6 nitrogen and oxygen atoms in total. The molecule has 2 aromatic heterocycles. The van der Waals surface area contributed by atoms with Gasteiger partial charge in [-0.1, -0.05) is 24.3 Å². The lowest BCUT2D eigenvalue weighted by Crippen LogP contribution is -2.23. The first kappa shape index (κ1) is 21.6. The largest absolute Gasteiger partial charge is 0.493 e. The molecule has 1 fully saturated rings. The van der Waals surface area contributed by atoms with Gasteiger partial charge in [-0.3, -0.25) is 9.36 Å². The van der Waals surface area contributed by atoms with Crippen LogP contribution in [0.15, 0.2) is 59.7 Å². The van der Waals surface area contributed by atoms with E-state index in [-0.39, 0.29) is 11.5 Å². The summed E-state index contributed by atoms with van der Waals surface area (Å²) in [6.45, 7) is -0.663. The van der Waals surface area contributed by atoms with E-state index in [2.05, 4.69) is 15.3 Å². The number of ether oxygens (including phenoxy) is 1. The van der Waals surface area contributed by atoms with E-state index >= 15 is 0 Å². The minimum absolute atomic E-state index is 0.183. The number of halogens is 3. The van der Waals surface area contributed by atoms with E-state index in [4.69, 9.17) is 4.74 Å². The summed E-state index contributed by atoms with van der Waals surface area (Å²) in [5.74, 6) is 1.18. The van der Waals surface area contributed by atoms with Gasteiger partial charge in [0.2, 0.25) is 5.95 Å². The Hall–Kier alpha value is -3.88. The van der Waals surface area contributed by atoms with Crippen LogP contribution >= 0.6 is 0 Å². The molecule has 0 unspecified atom stereocenters. The summed E-state index contributed by atoms with van der Waals surface area (Å²) >= 11 is 0. The van der Waals surface area contributed by atoms with Crippen molar-refractivity contribution in [3.05, 3.63) is 76.3 Å². The first-order valence-corrected chi connectivity index (χ1v) is 11.5. The van der Waals surface area contributed by atoms with E-state index in [1.54, 1.807) is 6.20 Å². The van der Waals surface area contributed by atoms with E-state index in [0.717, 1.165) is 30.6 Å². The molecule has 0 bridgehead atoms. The maximum Gasteiger partial charge on any atom is 0.405 e. The van der Waals surface area contributed by atoms with Crippen LogP contribution < -0.4 is 15.6 Å². The quantitative estimate of drug-likeness (QED) is 0.425. The molecule has 0 atom stereocenters. The predicted octanol–water partition coefficient (Wildman–Crippen LogP) is 5.23. The normalized spacial score (nSPS) is 15.2. The van der Waals surface area contributed by atoms with Crippen molar-refractivity contribution in [3.63, 3.8) is 0 Å². The molecule has 2 aliphatic rings. The van der Waals surface area contributed by atoms with E-state index in [1.165, 1.54) is 16.3 Å². The number of hydrogen-bond donors (Lipinski definition) is 1. The number of nitrogens with zero attached hydrogens (tertiary/aromatic N) is 3. The zero-order valence-corrected chi connectivity index (χ0v) is 18.6. The average Bonchev–Trinajstić information content (AvgIpc) is 3.59. The molecule has 1 N–H and O–H groups in total. The Morgan fingerprint density at radius 2 is 1.91 bits per heavy atom. The fourth-order valence-corrected chi connectivity index (χ4v) is 4.48. The summed E-state index contributed by atoms with van der Waals surface area (Å²) in [5, 5.41) is 2.75. The topological polar surface area (TPSA) is 69.0 Å². The SMILES string of the molecule is O=c1c(-c2ccc(C3CC3)cc2)c2nc(NCC(F)(F)F)ncc2cn1-c1ccc2c(c1)CCO2. The molecule has 0 radical (unpaired) electrons. The van der Waals surface area contributed by atoms with Gasteiger partial charge in [0.1, 0.15) is 12.3 Å². The Morgan fingerprint density at radius 1 is 1.11 bits per heavy atom. The van der Waals surface area contributed by atoms with Crippen molar-refractivity contribution < 1.29 is 17.9 Å². The summed E-state index contributed by atoms with van der Waals surface area (Å²) in [4.78, 5) is 22.2. The van der Waals surface area contributed by atoms with Crippen LogP contribution in [0.4, 0.5) is 19.1 Å². The molecule has 3 heterocycles. The summed E-state index contributed by atoms with van der Waals surface area (Å²) in [7, 11) is 0. The molecular weight excluding hydrogens is 457 g/mol. The van der Waals surface area contributed by atoms with Crippen LogP contribution in [0.3, 0.4) is 0 Å². The molecule has 4 aromatic rings. The Balaban J connectivity index is 1.52. The number of anilines is 1. The average molecular weight is 478 g/mol. The van der Waals surface area contributed by atoms with Crippen LogP contribution in [0, 0.1) is 0 Å². The molecule has 0 spiro atoms. The second-order valence-electron chi connectivity index (χ2n) is 8.93. The molecule has 9 heteroatoms. The number of nitrogens with one attached hydrogen (secondary N) is 1. The minimum Gasteiger partial charge on any atom is -0.493 e. The standard InChI is InChI=1S/C26H21F3N4O2/c27-26(28,29)14-31-25-30-12-19-13-33(20-7-8-21-18(11-20)9-10-35-21)24(34)22(23(19)32-25)17-5-3-16(4-6-17)15-1-2-15/h3-8,11-13,15H,1-2,9-10,14H2,(H,31,32). The molecule has 6 rings (SSSR count). The molecule has 1 aliphatic carbocycles. The van der Waals surface area contributed by atoms with Crippen LogP contribution in [0.25, 0.3) is 27.7 Å². The van der Waals surface area contributed by atoms with Gasteiger partial charge in [0.15, 0.2) is 0 Å². The van der Waals surface area contributed by atoms with E-state index in [9.17, 15) is 18.0 Å². The van der Waals surface area contributed by atoms with Crippen molar-refractivity contribution >= 4 is 16.9 Å². The maximum atomic E-state index is 13.8. The third-order valence-corrected chi connectivity index (χ3v) is 6.40. The fraction of sp³-hybridized carbons (Fsp3) is 0.269. The lowest BCUT2D eigenvalue weighted by Gasteiger charge is -2.14. The van der Waals surface area contributed by atoms with E-state index in [0.29, 0.717) is 40.2 Å². The van der Waals surface area contributed by atoms with Crippen molar-refractivity contribution in [3.8, 4) is 22.6 Å². The van der Waals surface area contributed by atoms with Crippen LogP contribution in [0.1, 0.15) is 29.9 Å². The summed E-state index contributed by atoms with van der Waals surface area (Å²) < 4.78 is 45.3. The Bertz CT molecular complexity index is 1490. The summed E-state index contributed by atoms with van der Waals surface area (Å²) in [6, 6.07) is 13.4. The first-order chi connectivity index (χ1) is 16.9. The van der Waals surface area contributed by atoms with Crippen LogP contribution in [-0.4, -0.2) is 33.9 Å². The number of alkyl halides is 3. The van der Waals surface area contributed by atoms with Crippen molar-refractivity contribution in [1.29, 1.82) is 0 Å². The van der Waals surface area contributed by atoms with Gasteiger partial charge < -0.3 is 10.1 Å². The molecule has 1 saturated carbocycles. The molecule has 2 aromatic carbocycles. The fourth-order valence-electron chi connectivity index (χ4n) is 4.48. The molecule has 35 heavy (non-hydrogen) atoms. The predicted molar refractivity (Wildman–Crippen MR) is 126 cm³/mol. The van der Waals surface area contributed by atoms with Gasteiger partial charge in [-0.05, 0) is 53.6 Å². The van der Waals surface area contributed by atoms with Gasteiger partial charge in [0, 0.05) is 29.9 Å². The molecular formula is C26H21F3N4O2. The number of aromatic nitrogens is 3. The first-order valence-electron chi connectivity index (χ1n) is 11.5. The van der Waals surface area contributed by atoms with Crippen LogP contribution in [-0.2, 0) is 6.42 Å². The monoisotopic (exact) mass is 478 g/mol. The van der Waals surface area contributed by atoms with Crippen molar-refractivity contribution in [2.24, 2.45) is 0 Å². The highest BCUT2D eigenvalue weighted by molar-refractivity contribution is 5.93. The smallest absolute Gasteiger partial charge is 0.405 e. The van der Waals surface area contributed by atoms with Gasteiger partial charge in [0.25, 0.3) is 5.56 Å². The third-order valence-electron chi connectivity index (χ3n) is 6.40. The van der Waals surface area contributed by atoms with Crippen LogP contribution in [0.5, 0.6) is 5.75 Å². The van der Waals surface area contributed by atoms with Crippen molar-refractivity contribution in [2.45, 2.75) is 31.4 Å². The lowest BCUT2D eigenvalue weighted by molar-refractivity contribution is -0.115. The lowest BCUT2D eigenvalue weighted by atomic mass is 10.0. The van der Waals surface area contributed by atoms with E-state index in [1.807, 2.05) is 42.5 Å². The number of fused-ring (bicyclic) bond motifs is 2. The third kappa shape index (κ3) is 4.22. The van der Waals surface area contributed by atoms with Crippen molar-refractivity contribution in [1.82, 2.24) is 14.5 Å². The van der Waals surface area contributed by atoms with Gasteiger partial charge in [-0.15, -0.1) is 0 Å². The minimum atomic E-state index is -4.42. The van der Waals surface area contributed by atoms with Crippen molar-refractivity contribution in [2.75, 3.05) is 18.5 Å².